The molecule has 1 heterocycles. The number of fused-ring (bicyclic) bond motifs is 1. The molecule has 2 rings (SSSR count). The van der Waals surface area contributed by atoms with Gasteiger partial charge in [-0.2, -0.15) is 0 Å². The van der Waals surface area contributed by atoms with Crippen molar-refractivity contribution in [2.24, 2.45) is 0 Å². The first-order valence-electron chi connectivity index (χ1n) is 5.58. The van der Waals surface area contributed by atoms with Crippen molar-refractivity contribution in [2.75, 3.05) is 20.3 Å². The maximum Gasteiger partial charge on any atom is 0.252 e. The molecule has 0 bridgehead atoms. The maximum absolute atomic E-state index is 11.7. The molecule has 0 saturated carbocycles. The van der Waals surface area contributed by atoms with Gasteiger partial charge in [0.15, 0.2) is 0 Å². The molecule has 0 fully saturated rings. The Morgan fingerprint density at radius 3 is 3.06 bits per heavy atom. The molecule has 0 saturated heterocycles. The summed E-state index contributed by atoms with van der Waals surface area (Å²) in [6, 6.07) is 7.28. The first-order chi connectivity index (χ1) is 8.76. The van der Waals surface area contributed by atoms with Crippen LogP contribution in [0.25, 0.3) is 10.9 Å². The summed E-state index contributed by atoms with van der Waals surface area (Å²) in [6.45, 7) is 0.148. The minimum atomic E-state index is -0.249. The van der Waals surface area contributed by atoms with Crippen molar-refractivity contribution in [1.82, 2.24) is 10.3 Å². The van der Waals surface area contributed by atoms with Crippen molar-refractivity contribution < 1.29 is 14.6 Å². The molecule has 1 amide bonds. The minimum Gasteiger partial charge on any atom is -0.494 e. The lowest BCUT2D eigenvalue weighted by atomic mass is 10.1. The molecule has 1 aromatic heterocycles. The van der Waals surface area contributed by atoms with Gasteiger partial charge in [0.25, 0.3) is 5.91 Å². The highest BCUT2D eigenvalue weighted by Gasteiger charge is 2.08. The van der Waals surface area contributed by atoms with Gasteiger partial charge in [0, 0.05) is 18.1 Å². The van der Waals surface area contributed by atoms with Gasteiger partial charge in [-0.05, 0) is 12.1 Å². The average molecular weight is 246 g/mol. The van der Waals surface area contributed by atoms with Crippen LogP contribution in [0, 0.1) is 0 Å². The zero-order valence-corrected chi connectivity index (χ0v) is 10.0. The van der Waals surface area contributed by atoms with E-state index in [1.807, 2.05) is 18.2 Å². The van der Waals surface area contributed by atoms with Gasteiger partial charge < -0.3 is 15.2 Å². The third-order valence-corrected chi connectivity index (χ3v) is 2.55. The standard InChI is InChI=1S/C13H14N2O3/c1-18-11-4-2-3-9-7-10(8-15-12(9)11)13(17)14-5-6-16/h2-4,7-8,16H,5-6H2,1H3,(H,14,17). The highest BCUT2D eigenvalue weighted by atomic mass is 16.5. The van der Waals surface area contributed by atoms with Crippen LogP contribution in [0.5, 0.6) is 5.75 Å². The second-order valence-corrected chi connectivity index (χ2v) is 3.74. The largest absolute Gasteiger partial charge is 0.494 e. The number of aliphatic hydroxyl groups is 1. The van der Waals surface area contributed by atoms with Crippen molar-refractivity contribution in [3.05, 3.63) is 36.0 Å². The van der Waals surface area contributed by atoms with E-state index in [9.17, 15) is 4.79 Å². The highest BCUT2D eigenvalue weighted by Crippen LogP contribution is 2.23. The van der Waals surface area contributed by atoms with E-state index in [1.54, 1.807) is 13.2 Å². The van der Waals surface area contributed by atoms with Crippen LogP contribution >= 0.6 is 0 Å². The number of carbonyl (C=O) groups excluding carboxylic acids is 1. The van der Waals surface area contributed by atoms with Crippen LogP contribution < -0.4 is 10.1 Å². The SMILES string of the molecule is COc1cccc2cc(C(=O)NCCO)cnc12. The summed E-state index contributed by atoms with van der Waals surface area (Å²) >= 11 is 0. The minimum absolute atomic E-state index is 0.0828. The second kappa shape index (κ2) is 5.46. The lowest BCUT2D eigenvalue weighted by Gasteiger charge is -2.06. The van der Waals surface area contributed by atoms with Crippen LogP contribution in [-0.2, 0) is 0 Å². The van der Waals surface area contributed by atoms with Gasteiger partial charge in [0.2, 0.25) is 0 Å². The number of rotatable bonds is 4. The molecule has 0 aliphatic rings. The topological polar surface area (TPSA) is 71.5 Å². The van der Waals surface area contributed by atoms with Gasteiger partial charge in [0.1, 0.15) is 11.3 Å². The zero-order valence-electron chi connectivity index (χ0n) is 10.0. The summed E-state index contributed by atoms with van der Waals surface area (Å²) in [5.41, 5.74) is 1.18. The Balaban J connectivity index is 2.36. The van der Waals surface area contributed by atoms with Crippen molar-refractivity contribution in [3.63, 3.8) is 0 Å². The number of hydrogen-bond donors (Lipinski definition) is 2. The number of aromatic nitrogens is 1. The lowest BCUT2D eigenvalue weighted by Crippen LogP contribution is -2.26. The molecule has 5 nitrogen and oxygen atoms in total. The number of nitrogens with zero attached hydrogens (tertiary/aromatic N) is 1. The first kappa shape index (κ1) is 12.3. The van der Waals surface area contributed by atoms with Gasteiger partial charge >= 0.3 is 0 Å². The average Bonchev–Trinajstić information content (AvgIpc) is 2.43. The fourth-order valence-corrected chi connectivity index (χ4v) is 1.69. The summed E-state index contributed by atoms with van der Waals surface area (Å²) < 4.78 is 5.20. The van der Waals surface area contributed by atoms with Crippen LogP contribution in [0.4, 0.5) is 0 Å². The normalized spacial score (nSPS) is 10.3. The van der Waals surface area contributed by atoms with E-state index in [1.165, 1.54) is 6.20 Å². The van der Waals surface area contributed by atoms with Crippen LogP contribution in [0.3, 0.4) is 0 Å². The van der Waals surface area contributed by atoms with Crippen LogP contribution in [0.2, 0.25) is 0 Å². The number of pyridine rings is 1. The Kier molecular flexibility index (Phi) is 3.74. The van der Waals surface area contributed by atoms with Gasteiger partial charge in [-0.1, -0.05) is 12.1 Å². The van der Waals surface area contributed by atoms with Crippen LogP contribution in [0.15, 0.2) is 30.5 Å². The predicted molar refractivity (Wildman–Crippen MR) is 67.7 cm³/mol. The summed E-state index contributed by atoms with van der Waals surface area (Å²) in [5.74, 6) is 0.427. The Bertz CT molecular complexity index is 569. The Labute approximate surface area is 104 Å². The molecule has 0 aliphatic carbocycles. The zero-order chi connectivity index (χ0) is 13.0. The molecule has 0 radical (unpaired) electrons. The van der Waals surface area contributed by atoms with Gasteiger partial charge in [-0.25, -0.2) is 0 Å². The van der Waals surface area contributed by atoms with E-state index >= 15 is 0 Å². The smallest absolute Gasteiger partial charge is 0.252 e. The third-order valence-electron chi connectivity index (χ3n) is 2.55. The Morgan fingerprint density at radius 1 is 1.50 bits per heavy atom. The maximum atomic E-state index is 11.7. The lowest BCUT2D eigenvalue weighted by molar-refractivity contribution is 0.0944. The molecule has 18 heavy (non-hydrogen) atoms. The summed E-state index contributed by atoms with van der Waals surface area (Å²) in [5, 5.41) is 12.1. The number of benzene rings is 1. The van der Waals surface area contributed by atoms with Crippen molar-refractivity contribution in [2.45, 2.75) is 0 Å². The number of aliphatic hydroxyl groups excluding tert-OH is 1. The second-order valence-electron chi connectivity index (χ2n) is 3.74. The molecule has 0 aliphatic heterocycles. The van der Waals surface area contributed by atoms with Crippen molar-refractivity contribution in [1.29, 1.82) is 0 Å². The third kappa shape index (κ3) is 2.41. The molecule has 1 aromatic carbocycles. The summed E-state index contributed by atoms with van der Waals surface area (Å²) in [4.78, 5) is 15.9. The van der Waals surface area contributed by atoms with Gasteiger partial charge in [-0.15, -0.1) is 0 Å². The molecular formula is C13H14N2O3. The predicted octanol–water partition coefficient (Wildman–Crippen LogP) is 0.966. The Morgan fingerprint density at radius 2 is 2.33 bits per heavy atom. The molecule has 0 atom stereocenters. The highest BCUT2D eigenvalue weighted by molar-refractivity contribution is 5.98. The van der Waals surface area contributed by atoms with Crippen molar-refractivity contribution >= 4 is 16.8 Å². The molecule has 2 N–H and O–H groups in total. The molecule has 5 heteroatoms. The van der Waals surface area contributed by atoms with E-state index in [0.717, 1.165) is 10.9 Å². The number of nitrogens with one attached hydrogen (secondary N) is 1. The number of carbonyl (C=O) groups is 1. The first-order valence-corrected chi connectivity index (χ1v) is 5.58. The molecule has 0 spiro atoms. The summed E-state index contributed by atoms with van der Waals surface area (Å²) in [6.07, 6.45) is 1.50. The van der Waals surface area contributed by atoms with Crippen molar-refractivity contribution in [3.8, 4) is 5.75 Å². The fourth-order valence-electron chi connectivity index (χ4n) is 1.69. The monoisotopic (exact) mass is 246 g/mol. The molecule has 0 unspecified atom stereocenters. The number of amides is 1. The van der Waals surface area contributed by atoms with E-state index < -0.39 is 0 Å². The van der Waals surface area contributed by atoms with E-state index in [0.29, 0.717) is 11.3 Å². The van der Waals surface area contributed by atoms with Crippen LogP contribution in [0.1, 0.15) is 10.4 Å². The number of methoxy groups -OCH3 is 1. The molecule has 94 valence electrons. The van der Waals surface area contributed by atoms with E-state index in [2.05, 4.69) is 10.3 Å². The van der Waals surface area contributed by atoms with Gasteiger partial charge in [0.05, 0.1) is 19.3 Å². The molecule has 2 aromatic rings. The molecular weight excluding hydrogens is 232 g/mol. The number of para-hydroxylation sites is 1. The van der Waals surface area contributed by atoms with E-state index in [-0.39, 0.29) is 19.1 Å². The van der Waals surface area contributed by atoms with Crippen LogP contribution in [-0.4, -0.2) is 36.3 Å². The van der Waals surface area contributed by atoms with E-state index in [4.69, 9.17) is 9.84 Å². The Hall–Kier alpha value is -2.14. The van der Waals surface area contributed by atoms with Gasteiger partial charge in [-0.3, -0.25) is 9.78 Å². The quantitative estimate of drug-likeness (QED) is 0.843. The summed E-state index contributed by atoms with van der Waals surface area (Å²) in [7, 11) is 1.58. The number of hydrogen-bond acceptors (Lipinski definition) is 4. The number of ether oxygens (including phenoxy) is 1. The fraction of sp³-hybridized carbons (Fsp3) is 0.231.